The van der Waals surface area contributed by atoms with Crippen molar-refractivity contribution in [3.63, 3.8) is 0 Å². The Morgan fingerprint density at radius 3 is 2.30 bits per heavy atom. The number of primary amides is 1. The zero-order valence-electron chi connectivity index (χ0n) is 38.3. The lowest BCUT2D eigenvalue weighted by Crippen LogP contribution is -2.54. The Bertz CT molecular complexity index is 2770. The van der Waals surface area contributed by atoms with E-state index in [-0.39, 0.29) is 55.8 Å². The molecule has 2 aliphatic heterocycles. The third kappa shape index (κ3) is 11.0. The normalized spacial score (nSPS) is 16.1. The van der Waals surface area contributed by atoms with Gasteiger partial charge in [0.2, 0.25) is 39.3 Å². The molecule has 0 spiro atoms. The average molecular weight is 946 g/mol. The Labute approximate surface area is 386 Å². The number of cyclic esters (lactones) is 1. The van der Waals surface area contributed by atoms with Gasteiger partial charge in [-0.2, -0.15) is 4.31 Å². The Kier molecular flexibility index (Phi) is 15.2. The molecule has 21 heteroatoms. The molecule has 67 heavy (non-hydrogen) atoms. The van der Waals surface area contributed by atoms with Crippen LogP contribution in [0.3, 0.4) is 0 Å². The zero-order valence-corrected chi connectivity index (χ0v) is 39.1. The van der Waals surface area contributed by atoms with Gasteiger partial charge in [-0.25, -0.2) is 23.0 Å². The molecule has 0 bridgehead atoms. The molecule has 4 aromatic rings. The highest BCUT2D eigenvalue weighted by Crippen LogP contribution is 2.42. The van der Waals surface area contributed by atoms with Crippen molar-refractivity contribution in [3.8, 4) is 11.4 Å². The Morgan fingerprint density at radius 2 is 1.66 bits per heavy atom. The molecule has 2 aromatic heterocycles. The number of anilines is 1. The smallest absolute Gasteiger partial charge is 0.457 e. The fraction of sp³-hybridized carbons (Fsp3) is 0.435. The van der Waals surface area contributed by atoms with E-state index in [9.17, 15) is 42.0 Å². The van der Waals surface area contributed by atoms with Gasteiger partial charge >= 0.3 is 12.1 Å². The second-order valence-electron chi connectivity index (χ2n) is 17.0. The second-order valence-corrected chi connectivity index (χ2v) is 19.0. The summed E-state index contributed by atoms with van der Waals surface area (Å²) in [7, 11) is -3.52. The quantitative estimate of drug-likeness (QED) is 0.0868. The summed E-state index contributed by atoms with van der Waals surface area (Å²) in [5.74, 6) is -3.82. The molecule has 4 heterocycles. The fourth-order valence-electron chi connectivity index (χ4n) is 8.20. The Hall–Kier alpha value is -6.71. The monoisotopic (exact) mass is 945 g/mol. The molecule has 20 nitrogen and oxygen atoms in total. The van der Waals surface area contributed by atoms with Gasteiger partial charge in [0.15, 0.2) is 0 Å². The number of hydrogen-bond acceptors (Lipinski definition) is 14. The van der Waals surface area contributed by atoms with Crippen LogP contribution in [0.1, 0.15) is 75.8 Å². The summed E-state index contributed by atoms with van der Waals surface area (Å²) in [6, 6.07) is 13.0. The van der Waals surface area contributed by atoms with E-state index in [1.807, 2.05) is 24.3 Å². The minimum Gasteiger partial charge on any atom is -0.457 e. The maximum absolute atomic E-state index is 14.3. The number of ether oxygens (including phenoxy) is 4. The van der Waals surface area contributed by atoms with Crippen LogP contribution >= 0.6 is 0 Å². The maximum atomic E-state index is 14.3. The molecule has 0 saturated carbocycles. The summed E-state index contributed by atoms with van der Waals surface area (Å²) in [4.78, 5) is 95.4. The zero-order chi connectivity index (χ0) is 49.0. The molecule has 3 atom stereocenters. The number of nitrogens with two attached hydrogens (primary N) is 1. The van der Waals surface area contributed by atoms with E-state index >= 15 is 0 Å². The minimum atomic E-state index is -3.52. The van der Waals surface area contributed by atoms with Crippen molar-refractivity contribution in [2.75, 3.05) is 31.3 Å². The van der Waals surface area contributed by atoms with Gasteiger partial charge in [-0.3, -0.25) is 24.0 Å². The molecule has 0 saturated heterocycles. The standard InChI is InChI=1S/C46H55N7O13S/c1-8-46(66-45(60)65-21-28-13-15-29(16-14-28)49-41(56)27(6)48-42(57)39(25(2)3)51-38(55)24-63-23-37(47)54)34-19-36-40-32(20-52(36)43(58)33(34)22-64-44(46)59)30(31-11-9-10-12-35(31)50-40)17-18-53(26(4)5)67(7,61)62/h9-16,19,25-27,39H,8,17-18,20-24H2,1-7H3,(H2,47,54)(H,48,57)(H,49,56)(H,51,55)/t27-,39-,46-/m0/s1. The van der Waals surface area contributed by atoms with Gasteiger partial charge in [0.05, 0.1) is 35.3 Å². The molecule has 0 aliphatic carbocycles. The van der Waals surface area contributed by atoms with Crippen molar-refractivity contribution in [2.45, 2.75) is 97.9 Å². The summed E-state index contributed by atoms with van der Waals surface area (Å²) in [5, 5.41) is 8.60. The number of hydrogen-bond donors (Lipinski definition) is 4. The number of sulfonamides is 1. The van der Waals surface area contributed by atoms with Gasteiger partial charge in [0, 0.05) is 34.8 Å². The number of amides is 4. The number of fused-ring (bicyclic) bond motifs is 5. The van der Waals surface area contributed by atoms with Crippen LogP contribution in [0.4, 0.5) is 10.5 Å². The molecule has 358 valence electrons. The van der Waals surface area contributed by atoms with E-state index < -0.39 is 82.2 Å². The number of aromatic nitrogens is 2. The predicted octanol–water partition coefficient (Wildman–Crippen LogP) is 2.74. The van der Waals surface area contributed by atoms with E-state index in [2.05, 4.69) is 16.0 Å². The largest absolute Gasteiger partial charge is 0.510 e. The first-order valence-corrected chi connectivity index (χ1v) is 23.5. The molecule has 5 N–H and O–H groups in total. The number of esters is 1. The first-order chi connectivity index (χ1) is 31.6. The molecular weight excluding hydrogens is 891 g/mol. The van der Waals surface area contributed by atoms with Gasteiger partial charge < -0.3 is 45.2 Å². The molecule has 2 aromatic carbocycles. The molecule has 6 rings (SSSR count). The lowest BCUT2D eigenvalue weighted by Gasteiger charge is -2.35. The van der Waals surface area contributed by atoms with Gasteiger partial charge in [0.25, 0.3) is 5.56 Å². The van der Waals surface area contributed by atoms with Crippen LogP contribution in [-0.4, -0.2) is 102 Å². The third-order valence-corrected chi connectivity index (χ3v) is 13.1. The molecule has 2 aliphatic rings. The number of para-hydroxylation sites is 1. The number of carbonyl (C=O) groups excluding carboxylic acids is 6. The summed E-state index contributed by atoms with van der Waals surface area (Å²) in [6.45, 7) is 8.81. The van der Waals surface area contributed by atoms with E-state index in [1.165, 1.54) is 22.1 Å². The van der Waals surface area contributed by atoms with Crippen molar-refractivity contribution in [2.24, 2.45) is 11.7 Å². The van der Waals surface area contributed by atoms with Crippen LogP contribution in [0.25, 0.3) is 22.3 Å². The summed E-state index contributed by atoms with van der Waals surface area (Å²) in [6.07, 6.45) is 0.194. The number of rotatable bonds is 19. The number of pyridine rings is 2. The number of benzene rings is 2. The lowest BCUT2D eigenvalue weighted by molar-refractivity contribution is -0.175. The van der Waals surface area contributed by atoms with Crippen molar-refractivity contribution in [3.05, 3.63) is 92.8 Å². The molecule has 0 fully saturated rings. The van der Waals surface area contributed by atoms with E-state index in [0.717, 1.165) is 16.5 Å². The molecular formula is C46H55N7O13S. The first kappa shape index (κ1) is 49.7. The van der Waals surface area contributed by atoms with Crippen LogP contribution in [0.5, 0.6) is 0 Å². The SMILES string of the molecule is CC[C@@]1(OC(=O)OCc2ccc(NC(=O)[C@H](C)NC(=O)[C@@H](NC(=O)COCC(N)=O)C(C)C)cc2)C(=O)OCc2c1cc1n(c2=O)Cc2c-1nc1ccccc1c2CCN(C(C)C)S(C)(=O)=O. The first-order valence-electron chi connectivity index (χ1n) is 21.7. The molecule has 4 amide bonds. The average Bonchev–Trinajstić information content (AvgIpc) is 3.63. The number of nitrogens with one attached hydrogen (secondary N) is 3. The highest BCUT2D eigenvalue weighted by atomic mass is 32.2. The van der Waals surface area contributed by atoms with Gasteiger partial charge in [-0.05, 0) is 74.9 Å². The highest BCUT2D eigenvalue weighted by molar-refractivity contribution is 7.88. The van der Waals surface area contributed by atoms with Crippen LogP contribution in [0.15, 0.2) is 59.4 Å². The maximum Gasteiger partial charge on any atom is 0.510 e. The lowest BCUT2D eigenvalue weighted by atomic mass is 9.85. The van der Waals surface area contributed by atoms with Gasteiger partial charge in [-0.15, -0.1) is 0 Å². The minimum absolute atomic E-state index is 0.107. The second kappa shape index (κ2) is 20.4. The Balaban J connectivity index is 1.14. The van der Waals surface area contributed by atoms with Crippen LogP contribution in [0.2, 0.25) is 0 Å². The van der Waals surface area contributed by atoms with E-state index in [1.54, 1.807) is 65.0 Å². The van der Waals surface area contributed by atoms with Crippen molar-refractivity contribution in [1.29, 1.82) is 0 Å². The van der Waals surface area contributed by atoms with Gasteiger partial charge in [0.1, 0.15) is 38.5 Å². The summed E-state index contributed by atoms with van der Waals surface area (Å²) in [5.41, 5.74) is 6.71. The summed E-state index contributed by atoms with van der Waals surface area (Å²) >= 11 is 0. The summed E-state index contributed by atoms with van der Waals surface area (Å²) < 4.78 is 50.0. The fourth-order valence-corrected chi connectivity index (χ4v) is 9.39. The van der Waals surface area contributed by atoms with E-state index in [4.69, 9.17) is 29.7 Å². The van der Waals surface area contributed by atoms with Gasteiger partial charge in [-0.1, -0.05) is 51.1 Å². The van der Waals surface area contributed by atoms with Crippen molar-refractivity contribution >= 4 is 62.4 Å². The molecule has 0 unspecified atom stereocenters. The highest BCUT2D eigenvalue weighted by Gasteiger charge is 2.51. The van der Waals surface area contributed by atoms with E-state index in [0.29, 0.717) is 34.6 Å². The van der Waals surface area contributed by atoms with Crippen molar-refractivity contribution < 1.29 is 56.1 Å². The topological polar surface area (TPSA) is 274 Å². The predicted molar refractivity (Wildman–Crippen MR) is 243 cm³/mol. The van der Waals surface area contributed by atoms with Crippen molar-refractivity contribution in [1.82, 2.24) is 24.5 Å². The van der Waals surface area contributed by atoms with Crippen LogP contribution in [0, 0.1) is 5.92 Å². The molecule has 0 radical (unpaired) electrons. The van der Waals surface area contributed by atoms with Crippen LogP contribution < -0.4 is 27.2 Å². The van der Waals surface area contributed by atoms with Crippen LogP contribution in [-0.2, 0) is 84.7 Å². The number of nitrogens with zero attached hydrogens (tertiary/aromatic N) is 3. The third-order valence-electron chi connectivity index (χ3n) is 11.6. The Morgan fingerprint density at radius 1 is 0.955 bits per heavy atom. The number of carbonyl (C=O) groups is 6.